The molecular weight excluding hydrogens is 290 g/mol. The Bertz CT molecular complexity index is 818. The van der Waals surface area contributed by atoms with Crippen LogP contribution in [0.25, 0.3) is 10.9 Å². The predicted octanol–water partition coefficient (Wildman–Crippen LogP) is 2.81. The molecule has 2 N–H and O–H groups in total. The maximum absolute atomic E-state index is 12.4. The third-order valence-corrected chi connectivity index (χ3v) is 4.10. The molecule has 1 amide bonds. The summed E-state index contributed by atoms with van der Waals surface area (Å²) in [5.41, 5.74) is 1.46. The lowest BCUT2D eigenvalue weighted by molar-refractivity contribution is 0.102. The Kier molecular flexibility index (Phi) is 3.42. The zero-order chi connectivity index (χ0) is 15.6. The molecule has 0 aliphatic carbocycles. The van der Waals surface area contributed by atoms with Crippen LogP contribution in [-0.4, -0.2) is 33.9 Å². The molecule has 2 aromatic heterocycles. The van der Waals surface area contributed by atoms with Crippen molar-refractivity contribution in [2.24, 2.45) is 0 Å². The second-order valence-electron chi connectivity index (χ2n) is 5.68. The monoisotopic (exact) mass is 307 g/mol. The number of hydrogen-bond acceptors (Lipinski definition) is 4. The van der Waals surface area contributed by atoms with E-state index < -0.39 is 0 Å². The number of carbonyl (C=O) groups excluding carboxylic acids is 1. The summed E-state index contributed by atoms with van der Waals surface area (Å²) in [7, 11) is 0. The van der Waals surface area contributed by atoms with Crippen LogP contribution in [-0.2, 0) is 0 Å². The molecule has 1 aliphatic heterocycles. The maximum Gasteiger partial charge on any atom is 0.273 e. The van der Waals surface area contributed by atoms with E-state index in [0.717, 1.165) is 29.8 Å². The van der Waals surface area contributed by atoms with Gasteiger partial charge in [0.25, 0.3) is 5.91 Å². The Hall–Kier alpha value is -2.89. The minimum Gasteiger partial charge on any atom is -0.356 e. The van der Waals surface area contributed by atoms with Gasteiger partial charge in [0, 0.05) is 30.1 Å². The molecule has 4 rings (SSSR count). The van der Waals surface area contributed by atoms with E-state index in [1.807, 2.05) is 36.4 Å². The van der Waals surface area contributed by atoms with Gasteiger partial charge in [0.1, 0.15) is 23.7 Å². The van der Waals surface area contributed by atoms with Gasteiger partial charge in [-0.25, -0.2) is 9.97 Å². The number of hydrogen-bond donors (Lipinski definition) is 2. The normalized spacial score (nSPS) is 14.3. The van der Waals surface area contributed by atoms with E-state index in [1.165, 1.54) is 19.2 Å². The second kappa shape index (κ2) is 5.72. The van der Waals surface area contributed by atoms with Crippen LogP contribution in [0.3, 0.4) is 0 Å². The summed E-state index contributed by atoms with van der Waals surface area (Å²) in [4.78, 5) is 26.2. The van der Waals surface area contributed by atoms with Gasteiger partial charge in [-0.2, -0.15) is 0 Å². The summed E-state index contributed by atoms with van der Waals surface area (Å²) in [5, 5.41) is 3.85. The lowest BCUT2D eigenvalue weighted by atomic mass is 10.2. The van der Waals surface area contributed by atoms with Crippen LogP contribution in [0.2, 0.25) is 0 Å². The largest absolute Gasteiger partial charge is 0.356 e. The molecule has 23 heavy (non-hydrogen) atoms. The quantitative estimate of drug-likeness (QED) is 0.780. The predicted molar refractivity (Wildman–Crippen MR) is 89.7 cm³/mol. The Balaban J connectivity index is 1.55. The van der Waals surface area contributed by atoms with Gasteiger partial charge in [-0.05, 0) is 25.0 Å². The molecule has 6 heteroatoms. The molecule has 116 valence electrons. The molecule has 1 saturated heterocycles. The first-order valence-electron chi connectivity index (χ1n) is 7.76. The highest BCUT2D eigenvalue weighted by molar-refractivity contribution is 6.05. The molecule has 0 bridgehead atoms. The molecule has 0 unspecified atom stereocenters. The highest BCUT2D eigenvalue weighted by Crippen LogP contribution is 2.20. The number of rotatable bonds is 3. The number of fused-ring (bicyclic) bond motifs is 1. The van der Waals surface area contributed by atoms with Crippen LogP contribution in [0, 0.1) is 0 Å². The highest BCUT2D eigenvalue weighted by atomic mass is 16.1. The molecule has 1 fully saturated rings. The van der Waals surface area contributed by atoms with Crippen LogP contribution in [0.1, 0.15) is 23.3 Å². The topological polar surface area (TPSA) is 73.9 Å². The van der Waals surface area contributed by atoms with Gasteiger partial charge in [-0.3, -0.25) is 4.79 Å². The smallest absolute Gasteiger partial charge is 0.273 e. The van der Waals surface area contributed by atoms with Crippen LogP contribution >= 0.6 is 0 Å². The van der Waals surface area contributed by atoms with E-state index in [0.29, 0.717) is 11.5 Å². The van der Waals surface area contributed by atoms with E-state index in [9.17, 15) is 4.79 Å². The molecule has 3 aromatic rings. The first-order chi connectivity index (χ1) is 11.3. The van der Waals surface area contributed by atoms with Crippen molar-refractivity contribution in [3.05, 3.63) is 48.4 Å². The number of H-pyrrole nitrogens is 1. The zero-order valence-electron chi connectivity index (χ0n) is 12.6. The summed E-state index contributed by atoms with van der Waals surface area (Å²) in [6.07, 6.45) is 3.86. The van der Waals surface area contributed by atoms with Crippen molar-refractivity contribution < 1.29 is 4.79 Å². The fourth-order valence-corrected chi connectivity index (χ4v) is 2.91. The fourth-order valence-electron chi connectivity index (χ4n) is 2.91. The van der Waals surface area contributed by atoms with E-state index >= 15 is 0 Å². The number of aromatic nitrogens is 3. The van der Waals surface area contributed by atoms with Gasteiger partial charge in [0.2, 0.25) is 0 Å². The molecule has 0 saturated carbocycles. The number of amides is 1. The number of benzene rings is 1. The molecule has 3 heterocycles. The summed E-state index contributed by atoms with van der Waals surface area (Å²) < 4.78 is 0. The lowest BCUT2D eigenvalue weighted by Gasteiger charge is -2.16. The van der Waals surface area contributed by atoms with Crippen LogP contribution < -0.4 is 10.2 Å². The van der Waals surface area contributed by atoms with Crippen molar-refractivity contribution in [1.82, 2.24) is 15.0 Å². The van der Waals surface area contributed by atoms with Gasteiger partial charge in [-0.1, -0.05) is 18.2 Å². The number of nitrogens with one attached hydrogen (secondary N) is 2. The van der Waals surface area contributed by atoms with E-state index in [1.54, 1.807) is 0 Å². The first kappa shape index (κ1) is 13.8. The summed E-state index contributed by atoms with van der Waals surface area (Å²) in [5.74, 6) is 1.18. The van der Waals surface area contributed by atoms with Crippen LogP contribution in [0.4, 0.5) is 11.6 Å². The molecule has 1 aromatic carbocycles. The molecule has 0 radical (unpaired) electrons. The molecule has 6 nitrogen and oxygen atoms in total. The first-order valence-corrected chi connectivity index (χ1v) is 7.76. The number of nitrogens with zero attached hydrogens (tertiary/aromatic N) is 3. The number of anilines is 2. The molecular formula is C17H17N5O. The van der Waals surface area contributed by atoms with Gasteiger partial charge in [0.05, 0.1) is 0 Å². The summed E-state index contributed by atoms with van der Waals surface area (Å²) in [6.45, 7) is 2.01. The Morgan fingerprint density at radius 3 is 2.78 bits per heavy atom. The van der Waals surface area contributed by atoms with Gasteiger partial charge in [0.15, 0.2) is 0 Å². The molecule has 1 aliphatic rings. The second-order valence-corrected chi connectivity index (χ2v) is 5.68. The van der Waals surface area contributed by atoms with Crippen molar-refractivity contribution in [3.63, 3.8) is 0 Å². The lowest BCUT2D eigenvalue weighted by Crippen LogP contribution is -2.20. The van der Waals surface area contributed by atoms with Crippen LogP contribution in [0.5, 0.6) is 0 Å². The van der Waals surface area contributed by atoms with E-state index in [-0.39, 0.29) is 5.91 Å². The fraction of sp³-hybridized carbons (Fsp3) is 0.235. The van der Waals surface area contributed by atoms with Crippen molar-refractivity contribution in [1.29, 1.82) is 0 Å². The highest BCUT2D eigenvalue weighted by Gasteiger charge is 2.15. The van der Waals surface area contributed by atoms with E-state index in [4.69, 9.17) is 0 Å². The number of aromatic amines is 1. The van der Waals surface area contributed by atoms with Crippen molar-refractivity contribution in [3.8, 4) is 0 Å². The zero-order valence-corrected chi connectivity index (χ0v) is 12.6. The minimum absolute atomic E-state index is 0.202. The average Bonchev–Trinajstić information content (AvgIpc) is 3.24. The summed E-state index contributed by atoms with van der Waals surface area (Å²) >= 11 is 0. The van der Waals surface area contributed by atoms with Gasteiger partial charge in [-0.15, -0.1) is 0 Å². The Morgan fingerprint density at radius 1 is 1.13 bits per heavy atom. The Labute approximate surface area is 133 Å². The molecule has 0 atom stereocenters. The maximum atomic E-state index is 12.4. The van der Waals surface area contributed by atoms with Gasteiger partial charge < -0.3 is 15.2 Å². The number of carbonyl (C=O) groups is 1. The van der Waals surface area contributed by atoms with Crippen LogP contribution in [0.15, 0.2) is 42.7 Å². The molecule has 0 spiro atoms. The van der Waals surface area contributed by atoms with Gasteiger partial charge >= 0.3 is 0 Å². The number of para-hydroxylation sites is 1. The SMILES string of the molecule is O=C(Nc1cc(N2CCCC2)ncn1)c1cc2ccccc2[nH]1. The van der Waals surface area contributed by atoms with Crippen molar-refractivity contribution in [2.45, 2.75) is 12.8 Å². The van der Waals surface area contributed by atoms with E-state index in [2.05, 4.69) is 25.2 Å². The van der Waals surface area contributed by atoms with Crippen molar-refractivity contribution >= 4 is 28.4 Å². The summed E-state index contributed by atoms with van der Waals surface area (Å²) in [6, 6.07) is 11.5. The minimum atomic E-state index is -0.202. The third-order valence-electron chi connectivity index (χ3n) is 4.10. The standard InChI is InChI=1S/C17H17N5O/c23-17(14-9-12-5-1-2-6-13(12)20-14)21-15-10-16(19-11-18-15)22-7-3-4-8-22/h1-2,5-6,9-11,20H,3-4,7-8H2,(H,18,19,21,23). The average molecular weight is 307 g/mol. The Morgan fingerprint density at radius 2 is 1.96 bits per heavy atom. The van der Waals surface area contributed by atoms with Crippen molar-refractivity contribution in [2.75, 3.05) is 23.3 Å². The third kappa shape index (κ3) is 2.75.